The summed E-state index contributed by atoms with van der Waals surface area (Å²) in [6.07, 6.45) is 0.622. The molecular formula is C5H10N2O. The number of amides is 1. The molecule has 1 fully saturated rings. The van der Waals surface area contributed by atoms with Crippen LogP contribution in [0.3, 0.4) is 0 Å². The maximum Gasteiger partial charge on any atom is 0.236 e. The summed E-state index contributed by atoms with van der Waals surface area (Å²) in [5, 5.41) is 1.28. The topological polar surface area (TPSA) is 46.3 Å². The Morgan fingerprint density at radius 2 is 2.50 bits per heavy atom. The van der Waals surface area contributed by atoms with Crippen LogP contribution in [0.15, 0.2) is 0 Å². The lowest BCUT2D eigenvalue weighted by Crippen LogP contribution is -2.31. The molecule has 2 N–H and O–H groups in total. The van der Waals surface area contributed by atoms with Gasteiger partial charge in [0.2, 0.25) is 5.91 Å². The van der Waals surface area contributed by atoms with Crippen molar-refractivity contribution in [3.05, 3.63) is 0 Å². The van der Waals surface area contributed by atoms with Gasteiger partial charge >= 0.3 is 0 Å². The Hall–Kier alpha value is -0.570. The van der Waals surface area contributed by atoms with Crippen molar-refractivity contribution in [2.45, 2.75) is 13.3 Å². The van der Waals surface area contributed by atoms with Gasteiger partial charge in [0.15, 0.2) is 0 Å². The molecule has 1 aliphatic rings. The summed E-state index contributed by atoms with van der Waals surface area (Å²) in [7, 11) is 0. The molecule has 8 heavy (non-hydrogen) atoms. The minimum absolute atomic E-state index is 0.0671. The summed E-state index contributed by atoms with van der Waals surface area (Å²) >= 11 is 0. The van der Waals surface area contributed by atoms with E-state index >= 15 is 0 Å². The third-order valence-electron chi connectivity index (χ3n) is 1.35. The molecule has 0 saturated carbocycles. The summed E-state index contributed by atoms with van der Waals surface area (Å²) in [4.78, 5) is 10.6. The van der Waals surface area contributed by atoms with Gasteiger partial charge in [-0.25, -0.2) is 5.84 Å². The van der Waals surface area contributed by atoms with Gasteiger partial charge in [0.05, 0.1) is 0 Å². The first-order valence-electron chi connectivity index (χ1n) is 2.75. The standard InChI is InChI=1S/C5H10N2O/c1-4-2-5(8)7(6)3-4/h4H,2-3,6H2,1H3. The van der Waals surface area contributed by atoms with E-state index in [0.717, 1.165) is 6.54 Å². The number of rotatable bonds is 0. The molecule has 1 saturated heterocycles. The van der Waals surface area contributed by atoms with E-state index in [1.807, 2.05) is 6.92 Å². The third-order valence-corrected chi connectivity index (χ3v) is 1.35. The highest BCUT2D eigenvalue weighted by Crippen LogP contribution is 2.11. The summed E-state index contributed by atoms with van der Waals surface area (Å²) in [6, 6.07) is 0. The maximum absolute atomic E-state index is 10.6. The van der Waals surface area contributed by atoms with E-state index in [1.165, 1.54) is 5.01 Å². The van der Waals surface area contributed by atoms with Crippen molar-refractivity contribution in [1.82, 2.24) is 5.01 Å². The Morgan fingerprint density at radius 3 is 2.62 bits per heavy atom. The zero-order valence-corrected chi connectivity index (χ0v) is 4.92. The van der Waals surface area contributed by atoms with E-state index in [1.54, 1.807) is 0 Å². The van der Waals surface area contributed by atoms with Crippen LogP contribution in [0.4, 0.5) is 0 Å². The van der Waals surface area contributed by atoms with Gasteiger partial charge in [0.1, 0.15) is 0 Å². The number of hydrogen-bond acceptors (Lipinski definition) is 2. The van der Waals surface area contributed by atoms with Crippen molar-refractivity contribution in [2.24, 2.45) is 11.8 Å². The van der Waals surface area contributed by atoms with Crippen LogP contribution in [0, 0.1) is 5.92 Å². The van der Waals surface area contributed by atoms with Crippen molar-refractivity contribution in [3.63, 3.8) is 0 Å². The van der Waals surface area contributed by atoms with Crippen LogP contribution in [-0.4, -0.2) is 17.5 Å². The molecule has 1 amide bonds. The fourth-order valence-corrected chi connectivity index (χ4v) is 0.917. The molecule has 1 heterocycles. The van der Waals surface area contributed by atoms with Crippen molar-refractivity contribution in [3.8, 4) is 0 Å². The molecule has 1 rings (SSSR count). The molecule has 46 valence electrons. The van der Waals surface area contributed by atoms with Crippen LogP contribution in [0.25, 0.3) is 0 Å². The lowest BCUT2D eigenvalue weighted by Gasteiger charge is -2.04. The summed E-state index contributed by atoms with van der Waals surface area (Å²) in [5.74, 6) is 5.77. The van der Waals surface area contributed by atoms with Gasteiger partial charge in [-0.15, -0.1) is 0 Å². The predicted octanol–water partition coefficient (Wildman–Crippen LogP) is -0.272. The highest BCUT2D eigenvalue weighted by Gasteiger charge is 2.23. The molecule has 0 spiro atoms. The van der Waals surface area contributed by atoms with E-state index in [4.69, 9.17) is 5.84 Å². The van der Waals surface area contributed by atoms with E-state index in [9.17, 15) is 4.79 Å². The number of carbonyl (C=O) groups excluding carboxylic acids is 1. The second-order valence-corrected chi connectivity index (χ2v) is 2.36. The summed E-state index contributed by atoms with van der Waals surface area (Å²) < 4.78 is 0. The second-order valence-electron chi connectivity index (χ2n) is 2.36. The molecule has 1 atom stereocenters. The Kier molecular flexibility index (Phi) is 1.21. The molecule has 0 aromatic heterocycles. The average molecular weight is 114 g/mol. The molecule has 3 nitrogen and oxygen atoms in total. The number of nitrogens with two attached hydrogens (primary N) is 1. The Bertz CT molecular complexity index is 113. The smallest absolute Gasteiger partial charge is 0.236 e. The van der Waals surface area contributed by atoms with Gasteiger partial charge in [-0.05, 0) is 5.92 Å². The third kappa shape index (κ3) is 0.816. The zero-order valence-electron chi connectivity index (χ0n) is 4.92. The van der Waals surface area contributed by atoms with Gasteiger partial charge in [-0.3, -0.25) is 9.80 Å². The minimum Gasteiger partial charge on any atom is -0.280 e. The lowest BCUT2D eigenvalue weighted by molar-refractivity contribution is -0.127. The van der Waals surface area contributed by atoms with Crippen LogP contribution < -0.4 is 5.84 Å². The van der Waals surface area contributed by atoms with Gasteiger partial charge in [0.25, 0.3) is 0 Å². The monoisotopic (exact) mass is 114 g/mol. The zero-order chi connectivity index (χ0) is 6.15. The molecule has 1 aliphatic heterocycles. The maximum atomic E-state index is 10.6. The molecule has 0 radical (unpaired) electrons. The van der Waals surface area contributed by atoms with Gasteiger partial charge < -0.3 is 0 Å². The fourth-order valence-electron chi connectivity index (χ4n) is 0.917. The van der Waals surface area contributed by atoms with Gasteiger partial charge in [-0.1, -0.05) is 6.92 Å². The van der Waals surface area contributed by atoms with E-state index in [2.05, 4.69) is 0 Å². The van der Waals surface area contributed by atoms with Crippen molar-refractivity contribution in [2.75, 3.05) is 6.54 Å². The van der Waals surface area contributed by atoms with E-state index in [-0.39, 0.29) is 5.91 Å². The molecule has 0 aromatic carbocycles. The van der Waals surface area contributed by atoms with E-state index in [0.29, 0.717) is 12.3 Å². The largest absolute Gasteiger partial charge is 0.280 e. The highest BCUT2D eigenvalue weighted by atomic mass is 16.2. The predicted molar refractivity (Wildman–Crippen MR) is 29.7 cm³/mol. The minimum atomic E-state index is 0.0671. The van der Waals surface area contributed by atoms with Crippen LogP contribution in [0.1, 0.15) is 13.3 Å². The van der Waals surface area contributed by atoms with Crippen molar-refractivity contribution >= 4 is 5.91 Å². The van der Waals surface area contributed by atoms with Crippen LogP contribution in [-0.2, 0) is 4.79 Å². The molecule has 0 bridgehead atoms. The lowest BCUT2D eigenvalue weighted by atomic mass is 10.2. The normalized spacial score (nSPS) is 29.5. The summed E-state index contributed by atoms with van der Waals surface area (Å²) in [6.45, 7) is 2.74. The molecule has 0 aliphatic carbocycles. The molecule has 3 heteroatoms. The van der Waals surface area contributed by atoms with Gasteiger partial charge in [-0.2, -0.15) is 0 Å². The highest BCUT2D eigenvalue weighted by molar-refractivity contribution is 5.77. The Labute approximate surface area is 48.4 Å². The fraction of sp³-hybridized carbons (Fsp3) is 0.800. The number of hydrazine groups is 1. The Balaban J connectivity index is 2.51. The van der Waals surface area contributed by atoms with Crippen molar-refractivity contribution < 1.29 is 4.79 Å². The molecular weight excluding hydrogens is 104 g/mol. The SMILES string of the molecule is CC1CC(=O)N(N)C1. The number of carbonyl (C=O) groups is 1. The quantitative estimate of drug-likeness (QED) is 0.348. The van der Waals surface area contributed by atoms with Crippen LogP contribution in [0.2, 0.25) is 0 Å². The average Bonchev–Trinajstić information content (AvgIpc) is 1.85. The first-order chi connectivity index (χ1) is 3.70. The molecule has 0 aromatic rings. The number of hydrogen-bond donors (Lipinski definition) is 1. The van der Waals surface area contributed by atoms with Crippen LogP contribution in [0.5, 0.6) is 0 Å². The molecule has 1 unspecified atom stereocenters. The van der Waals surface area contributed by atoms with Gasteiger partial charge in [0, 0.05) is 13.0 Å². The second kappa shape index (κ2) is 1.74. The first-order valence-corrected chi connectivity index (χ1v) is 2.75. The van der Waals surface area contributed by atoms with E-state index < -0.39 is 0 Å². The Morgan fingerprint density at radius 1 is 1.88 bits per heavy atom. The number of nitrogens with zero attached hydrogens (tertiary/aromatic N) is 1. The first kappa shape index (κ1) is 5.56. The van der Waals surface area contributed by atoms with Crippen molar-refractivity contribution in [1.29, 1.82) is 0 Å². The van der Waals surface area contributed by atoms with Crippen LogP contribution >= 0.6 is 0 Å². The summed E-state index contributed by atoms with van der Waals surface area (Å²) in [5.41, 5.74) is 0.